The number of hydrogen-bond donors (Lipinski definition) is 1. The van der Waals surface area contributed by atoms with E-state index in [-0.39, 0.29) is 12.5 Å². The van der Waals surface area contributed by atoms with Crippen LogP contribution in [-0.4, -0.2) is 22.7 Å². The van der Waals surface area contributed by atoms with Gasteiger partial charge in [0.1, 0.15) is 10.8 Å². The Morgan fingerprint density at radius 1 is 1.30 bits per heavy atom. The number of rotatable bonds is 6. The lowest BCUT2D eigenvalue weighted by Gasteiger charge is -2.12. The summed E-state index contributed by atoms with van der Waals surface area (Å²) in [5.74, 6) is 0.930. The van der Waals surface area contributed by atoms with Gasteiger partial charge in [0.25, 0.3) is 5.91 Å². The molecule has 1 aromatic heterocycles. The van der Waals surface area contributed by atoms with Crippen molar-refractivity contribution in [2.45, 2.75) is 34.1 Å². The second kappa shape index (κ2) is 7.75. The molecular formula is C16H20ClN3O2S. The van der Waals surface area contributed by atoms with Gasteiger partial charge >= 0.3 is 0 Å². The molecule has 0 saturated heterocycles. The second-order valence-corrected chi connectivity index (χ2v) is 7.30. The van der Waals surface area contributed by atoms with Gasteiger partial charge in [0.05, 0.1) is 0 Å². The zero-order valence-electron chi connectivity index (χ0n) is 13.6. The van der Waals surface area contributed by atoms with Crippen LogP contribution in [0.3, 0.4) is 0 Å². The molecule has 1 aromatic carbocycles. The Labute approximate surface area is 145 Å². The number of aryl methyl sites for hydroxylation is 2. The molecule has 0 aliphatic rings. The predicted octanol–water partition coefficient (Wildman–Crippen LogP) is 4.02. The zero-order valence-corrected chi connectivity index (χ0v) is 15.2. The first kappa shape index (κ1) is 17.7. The number of carbonyl (C=O) groups is 1. The molecule has 7 heteroatoms. The molecule has 0 atom stereocenters. The maximum absolute atomic E-state index is 12.0. The fourth-order valence-electron chi connectivity index (χ4n) is 2.15. The van der Waals surface area contributed by atoms with E-state index in [1.807, 2.05) is 26.0 Å². The molecular weight excluding hydrogens is 334 g/mol. The molecule has 0 fully saturated rings. The Balaban J connectivity index is 1.92. The topological polar surface area (TPSA) is 64.1 Å². The summed E-state index contributed by atoms with van der Waals surface area (Å²) in [6, 6.07) is 3.62. The second-order valence-electron chi connectivity index (χ2n) is 5.80. The van der Waals surface area contributed by atoms with Gasteiger partial charge in [-0.15, -0.1) is 10.2 Å². The van der Waals surface area contributed by atoms with Crippen molar-refractivity contribution in [3.05, 3.63) is 33.3 Å². The molecule has 1 heterocycles. The van der Waals surface area contributed by atoms with Gasteiger partial charge in [-0.2, -0.15) is 0 Å². The number of nitrogens with zero attached hydrogens (tertiary/aromatic N) is 2. The van der Waals surface area contributed by atoms with Gasteiger partial charge in [0.15, 0.2) is 6.61 Å². The number of ether oxygens (including phenoxy) is 1. The highest BCUT2D eigenvalue weighted by molar-refractivity contribution is 7.15. The Morgan fingerprint density at radius 2 is 1.96 bits per heavy atom. The first-order valence-electron chi connectivity index (χ1n) is 7.37. The molecule has 0 unspecified atom stereocenters. The van der Waals surface area contributed by atoms with E-state index in [9.17, 15) is 4.79 Å². The first-order valence-corrected chi connectivity index (χ1v) is 8.56. The van der Waals surface area contributed by atoms with Crippen LogP contribution in [0.4, 0.5) is 5.13 Å². The van der Waals surface area contributed by atoms with Crippen molar-refractivity contribution in [2.75, 3.05) is 11.9 Å². The highest BCUT2D eigenvalue weighted by atomic mass is 35.5. The third kappa shape index (κ3) is 5.18. The van der Waals surface area contributed by atoms with Crippen LogP contribution >= 0.6 is 22.9 Å². The Morgan fingerprint density at radius 3 is 2.57 bits per heavy atom. The minimum Gasteiger partial charge on any atom is -0.483 e. The highest BCUT2D eigenvalue weighted by Crippen LogP contribution is 2.27. The van der Waals surface area contributed by atoms with Gasteiger partial charge in [-0.25, -0.2) is 0 Å². The normalized spacial score (nSPS) is 10.9. The molecule has 0 aliphatic heterocycles. The van der Waals surface area contributed by atoms with Crippen molar-refractivity contribution in [2.24, 2.45) is 5.92 Å². The smallest absolute Gasteiger partial charge is 0.264 e. The summed E-state index contributed by atoms with van der Waals surface area (Å²) in [6.45, 7) is 7.95. The van der Waals surface area contributed by atoms with Crippen molar-refractivity contribution >= 4 is 34.0 Å². The van der Waals surface area contributed by atoms with Crippen LogP contribution in [0.2, 0.25) is 5.02 Å². The molecule has 1 amide bonds. The summed E-state index contributed by atoms with van der Waals surface area (Å²) >= 11 is 7.37. The van der Waals surface area contributed by atoms with Gasteiger partial charge in [0, 0.05) is 11.4 Å². The number of anilines is 1. The summed E-state index contributed by atoms with van der Waals surface area (Å²) in [6.07, 6.45) is 0.854. The molecule has 0 bridgehead atoms. The third-order valence-electron chi connectivity index (χ3n) is 3.07. The minimum absolute atomic E-state index is 0.0809. The Hall–Kier alpha value is -1.66. The van der Waals surface area contributed by atoms with E-state index in [1.54, 1.807) is 0 Å². The summed E-state index contributed by atoms with van der Waals surface area (Å²) in [7, 11) is 0. The van der Waals surface area contributed by atoms with E-state index < -0.39 is 0 Å². The first-order chi connectivity index (χ1) is 10.8. The highest BCUT2D eigenvalue weighted by Gasteiger charge is 2.12. The zero-order chi connectivity index (χ0) is 17.0. The van der Waals surface area contributed by atoms with Crippen LogP contribution in [0, 0.1) is 19.8 Å². The van der Waals surface area contributed by atoms with Crippen molar-refractivity contribution in [1.82, 2.24) is 10.2 Å². The monoisotopic (exact) mass is 353 g/mol. The maximum Gasteiger partial charge on any atom is 0.264 e. The summed E-state index contributed by atoms with van der Waals surface area (Å²) in [5.41, 5.74) is 1.80. The van der Waals surface area contributed by atoms with Crippen LogP contribution in [0.15, 0.2) is 12.1 Å². The van der Waals surface area contributed by atoms with Gasteiger partial charge in [-0.3, -0.25) is 10.1 Å². The molecule has 124 valence electrons. The SMILES string of the molecule is Cc1cc(Cl)cc(C)c1OCC(=O)Nc1nnc(CC(C)C)s1. The molecule has 2 rings (SSSR count). The number of aromatic nitrogens is 2. The van der Waals surface area contributed by atoms with Crippen LogP contribution in [-0.2, 0) is 11.2 Å². The van der Waals surface area contributed by atoms with Crippen molar-refractivity contribution in [1.29, 1.82) is 0 Å². The summed E-state index contributed by atoms with van der Waals surface area (Å²) in [4.78, 5) is 12.0. The third-order valence-corrected chi connectivity index (χ3v) is 4.15. The lowest BCUT2D eigenvalue weighted by Crippen LogP contribution is -2.20. The number of hydrogen-bond acceptors (Lipinski definition) is 5. The number of halogens is 1. The van der Waals surface area contributed by atoms with Crippen molar-refractivity contribution < 1.29 is 9.53 Å². The molecule has 5 nitrogen and oxygen atoms in total. The van der Waals surface area contributed by atoms with Gasteiger partial charge in [-0.1, -0.05) is 36.8 Å². The van der Waals surface area contributed by atoms with E-state index in [1.165, 1.54) is 11.3 Å². The minimum atomic E-state index is -0.258. The fraction of sp³-hybridized carbons (Fsp3) is 0.438. The van der Waals surface area contributed by atoms with Crippen LogP contribution in [0.25, 0.3) is 0 Å². The van der Waals surface area contributed by atoms with Crippen molar-refractivity contribution in [3.8, 4) is 5.75 Å². The van der Waals surface area contributed by atoms with Gasteiger partial charge in [0.2, 0.25) is 5.13 Å². The van der Waals surface area contributed by atoms with E-state index in [0.29, 0.717) is 21.8 Å². The van der Waals surface area contributed by atoms with E-state index in [2.05, 4.69) is 29.4 Å². The largest absolute Gasteiger partial charge is 0.483 e. The fourth-order valence-corrected chi connectivity index (χ4v) is 3.45. The average molecular weight is 354 g/mol. The number of benzene rings is 1. The molecule has 23 heavy (non-hydrogen) atoms. The van der Waals surface area contributed by atoms with Gasteiger partial charge in [-0.05, 0) is 43.0 Å². The Kier molecular flexibility index (Phi) is 5.96. The molecule has 0 aliphatic carbocycles. The van der Waals surface area contributed by atoms with E-state index in [4.69, 9.17) is 16.3 Å². The van der Waals surface area contributed by atoms with Crippen LogP contribution < -0.4 is 10.1 Å². The van der Waals surface area contributed by atoms with E-state index >= 15 is 0 Å². The molecule has 0 radical (unpaired) electrons. The lowest BCUT2D eigenvalue weighted by atomic mass is 10.1. The average Bonchev–Trinajstić information content (AvgIpc) is 2.83. The predicted molar refractivity (Wildman–Crippen MR) is 93.5 cm³/mol. The quantitative estimate of drug-likeness (QED) is 0.851. The molecule has 1 N–H and O–H groups in total. The van der Waals surface area contributed by atoms with Crippen molar-refractivity contribution in [3.63, 3.8) is 0 Å². The molecule has 0 spiro atoms. The lowest BCUT2D eigenvalue weighted by molar-refractivity contribution is -0.118. The Bertz CT molecular complexity index is 677. The van der Waals surface area contributed by atoms with Crippen LogP contribution in [0.1, 0.15) is 30.0 Å². The van der Waals surface area contributed by atoms with Gasteiger partial charge < -0.3 is 4.74 Å². The number of nitrogens with one attached hydrogen (secondary N) is 1. The van der Waals surface area contributed by atoms with Crippen LogP contribution in [0.5, 0.6) is 5.75 Å². The summed E-state index contributed by atoms with van der Waals surface area (Å²) in [5, 5.41) is 12.8. The molecule has 2 aromatic rings. The summed E-state index contributed by atoms with van der Waals surface area (Å²) < 4.78 is 5.61. The maximum atomic E-state index is 12.0. The number of amides is 1. The molecule has 0 saturated carbocycles. The standard InChI is InChI=1S/C16H20ClN3O2S/c1-9(2)5-14-19-20-16(23-14)18-13(21)8-22-15-10(3)6-12(17)7-11(15)4/h6-7,9H,5,8H2,1-4H3,(H,18,20,21). The van der Waals surface area contributed by atoms with E-state index in [0.717, 1.165) is 22.6 Å². The number of carbonyl (C=O) groups excluding carboxylic acids is 1.